The van der Waals surface area contributed by atoms with Gasteiger partial charge in [0.2, 0.25) is 0 Å². The smallest absolute Gasteiger partial charge is 0.130 e. The number of rotatable bonds is 4. The van der Waals surface area contributed by atoms with Crippen molar-refractivity contribution in [3.63, 3.8) is 0 Å². The van der Waals surface area contributed by atoms with Gasteiger partial charge in [-0.15, -0.1) is 0 Å². The number of ether oxygens (including phenoxy) is 1. The van der Waals surface area contributed by atoms with Gasteiger partial charge in [0.05, 0.1) is 7.11 Å². The van der Waals surface area contributed by atoms with E-state index in [0.29, 0.717) is 11.3 Å². The molecule has 0 amide bonds. The Kier molecular flexibility index (Phi) is 4.09. The summed E-state index contributed by atoms with van der Waals surface area (Å²) in [5.41, 5.74) is 6.39. The third kappa shape index (κ3) is 3.20. The zero-order chi connectivity index (χ0) is 11.4. The van der Waals surface area contributed by atoms with Crippen molar-refractivity contribution in [2.24, 2.45) is 5.73 Å². The fraction of sp³-hybridized carbons (Fsp3) is 0.500. The highest BCUT2D eigenvalue weighted by atomic mass is 19.1. The summed E-state index contributed by atoms with van der Waals surface area (Å²) >= 11 is 0. The molecule has 0 saturated carbocycles. The van der Waals surface area contributed by atoms with Crippen molar-refractivity contribution in [3.05, 3.63) is 29.6 Å². The fourth-order valence-corrected chi connectivity index (χ4v) is 1.72. The van der Waals surface area contributed by atoms with E-state index >= 15 is 0 Å². The highest BCUT2D eigenvalue weighted by molar-refractivity contribution is 5.30. The lowest BCUT2D eigenvalue weighted by molar-refractivity contribution is 0.410. The topological polar surface area (TPSA) is 35.2 Å². The molecule has 1 aromatic carbocycles. The van der Waals surface area contributed by atoms with Crippen LogP contribution in [-0.2, 0) is 0 Å². The van der Waals surface area contributed by atoms with E-state index in [1.54, 1.807) is 12.1 Å². The number of nitrogens with two attached hydrogens (primary N) is 1. The van der Waals surface area contributed by atoms with Crippen molar-refractivity contribution in [2.45, 2.75) is 32.2 Å². The standard InChI is InChI=1S/C12H18FNO/c1-8(6-9(2)14)11-5-4-10(15-3)7-12(11)13/h4-5,7-9H,6,14H2,1-3H3. The number of benzene rings is 1. The Labute approximate surface area is 90.2 Å². The van der Waals surface area contributed by atoms with Crippen LogP contribution in [-0.4, -0.2) is 13.2 Å². The highest BCUT2D eigenvalue weighted by Gasteiger charge is 2.13. The van der Waals surface area contributed by atoms with Crippen LogP contribution in [0.1, 0.15) is 31.7 Å². The van der Waals surface area contributed by atoms with Crippen LogP contribution < -0.4 is 10.5 Å². The van der Waals surface area contributed by atoms with E-state index in [-0.39, 0.29) is 17.8 Å². The third-order valence-corrected chi connectivity index (χ3v) is 2.46. The van der Waals surface area contributed by atoms with Gasteiger partial charge in [0, 0.05) is 12.1 Å². The second-order valence-corrected chi connectivity index (χ2v) is 4.00. The second kappa shape index (κ2) is 5.12. The normalized spacial score (nSPS) is 14.7. The maximum Gasteiger partial charge on any atom is 0.130 e. The molecule has 0 saturated heterocycles. The van der Waals surface area contributed by atoms with Crippen LogP contribution in [0.15, 0.2) is 18.2 Å². The zero-order valence-corrected chi connectivity index (χ0v) is 9.46. The molecule has 2 N–H and O–H groups in total. The monoisotopic (exact) mass is 211 g/mol. The van der Waals surface area contributed by atoms with Crippen LogP contribution in [0.2, 0.25) is 0 Å². The molecule has 0 spiro atoms. The first-order valence-electron chi connectivity index (χ1n) is 5.13. The summed E-state index contributed by atoms with van der Waals surface area (Å²) in [6, 6.07) is 5.03. The van der Waals surface area contributed by atoms with Crippen molar-refractivity contribution in [1.82, 2.24) is 0 Å². The van der Waals surface area contributed by atoms with Gasteiger partial charge in [0.15, 0.2) is 0 Å². The van der Waals surface area contributed by atoms with Gasteiger partial charge in [-0.25, -0.2) is 4.39 Å². The molecule has 3 heteroatoms. The third-order valence-electron chi connectivity index (χ3n) is 2.46. The van der Waals surface area contributed by atoms with Crippen molar-refractivity contribution in [2.75, 3.05) is 7.11 Å². The van der Waals surface area contributed by atoms with Crippen LogP contribution in [0.5, 0.6) is 5.75 Å². The number of halogens is 1. The molecule has 1 aromatic rings. The highest BCUT2D eigenvalue weighted by Crippen LogP contribution is 2.25. The Hall–Kier alpha value is -1.09. The Morgan fingerprint density at radius 1 is 1.40 bits per heavy atom. The van der Waals surface area contributed by atoms with E-state index in [1.165, 1.54) is 13.2 Å². The van der Waals surface area contributed by atoms with Crippen molar-refractivity contribution in [1.29, 1.82) is 0 Å². The molecule has 15 heavy (non-hydrogen) atoms. The average Bonchev–Trinajstić information content (AvgIpc) is 2.16. The molecule has 0 aliphatic rings. The van der Waals surface area contributed by atoms with E-state index < -0.39 is 0 Å². The summed E-state index contributed by atoms with van der Waals surface area (Å²) < 4.78 is 18.6. The van der Waals surface area contributed by atoms with E-state index in [2.05, 4.69) is 0 Å². The van der Waals surface area contributed by atoms with Crippen LogP contribution in [0, 0.1) is 5.82 Å². The van der Waals surface area contributed by atoms with E-state index in [0.717, 1.165) is 6.42 Å². The maximum absolute atomic E-state index is 13.6. The van der Waals surface area contributed by atoms with Crippen molar-refractivity contribution < 1.29 is 9.13 Å². The zero-order valence-electron chi connectivity index (χ0n) is 9.46. The predicted molar refractivity (Wildman–Crippen MR) is 59.6 cm³/mol. The summed E-state index contributed by atoms with van der Waals surface area (Å²) in [7, 11) is 1.53. The minimum atomic E-state index is -0.220. The number of hydrogen-bond donors (Lipinski definition) is 1. The minimum Gasteiger partial charge on any atom is -0.497 e. The van der Waals surface area contributed by atoms with Crippen LogP contribution >= 0.6 is 0 Å². The van der Waals surface area contributed by atoms with Gasteiger partial charge in [-0.3, -0.25) is 0 Å². The molecule has 0 bridgehead atoms. The molecule has 0 heterocycles. The van der Waals surface area contributed by atoms with Gasteiger partial charge < -0.3 is 10.5 Å². The molecule has 2 nitrogen and oxygen atoms in total. The molecule has 0 aliphatic carbocycles. The lowest BCUT2D eigenvalue weighted by Gasteiger charge is -2.15. The van der Waals surface area contributed by atoms with Gasteiger partial charge in [-0.1, -0.05) is 13.0 Å². The lowest BCUT2D eigenvalue weighted by Crippen LogP contribution is -2.17. The first-order valence-corrected chi connectivity index (χ1v) is 5.13. The summed E-state index contributed by atoms with van der Waals surface area (Å²) in [6.45, 7) is 3.91. The molecule has 0 aromatic heterocycles. The molecular weight excluding hydrogens is 193 g/mol. The molecule has 0 aliphatic heterocycles. The first kappa shape index (κ1) is 12.0. The second-order valence-electron chi connectivity index (χ2n) is 4.00. The number of hydrogen-bond acceptors (Lipinski definition) is 2. The summed E-state index contributed by atoms with van der Waals surface area (Å²) in [5.74, 6) is 0.461. The Balaban J connectivity index is 2.85. The summed E-state index contributed by atoms with van der Waals surface area (Å²) in [5, 5.41) is 0. The fourth-order valence-electron chi connectivity index (χ4n) is 1.72. The summed E-state index contributed by atoms with van der Waals surface area (Å²) in [4.78, 5) is 0. The molecule has 2 atom stereocenters. The molecule has 1 rings (SSSR count). The van der Waals surface area contributed by atoms with Crippen LogP contribution in [0.25, 0.3) is 0 Å². The predicted octanol–water partition coefficient (Wildman–Crippen LogP) is 2.68. The van der Waals surface area contributed by atoms with E-state index in [9.17, 15) is 4.39 Å². The Morgan fingerprint density at radius 3 is 2.53 bits per heavy atom. The van der Waals surface area contributed by atoms with Crippen LogP contribution in [0.4, 0.5) is 4.39 Å². The van der Waals surface area contributed by atoms with Crippen molar-refractivity contribution in [3.8, 4) is 5.75 Å². The van der Waals surface area contributed by atoms with E-state index in [1.807, 2.05) is 13.8 Å². The minimum absolute atomic E-state index is 0.0847. The lowest BCUT2D eigenvalue weighted by atomic mass is 9.94. The molecule has 2 unspecified atom stereocenters. The largest absolute Gasteiger partial charge is 0.497 e. The van der Waals surface area contributed by atoms with Gasteiger partial charge in [-0.05, 0) is 30.9 Å². The Morgan fingerprint density at radius 2 is 2.07 bits per heavy atom. The van der Waals surface area contributed by atoms with Gasteiger partial charge in [0.25, 0.3) is 0 Å². The quantitative estimate of drug-likeness (QED) is 0.831. The number of methoxy groups -OCH3 is 1. The Bertz CT molecular complexity index is 325. The van der Waals surface area contributed by atoms with E-state index in [4.69, 9.17) is 10.5 Å². The molecule has 0 radical (unpaired) electrons. The molecule has 0 fully saturated rings. The molecule has 84 valence electrons. The molecular formula is C12H18FNO. The average molecular weight is 211 g/mol. The van der Waals surface area contributed by atoms with Crippen molar-refractivity contribution >= 4 is 0 Å². The van der Waals surface area contributed by atoms with Gasteiger partial charge in [-0.2, -0.15) is 0 Å². The van der Waals surface area contributed by atoms with Gasteiger partial charge >= 0.3 is 0 Å². The van der Waals surface area contributed by atoms with Gasteiger partial charge in [0.1, 0.15) is 11.6 Å². The SMILES string of the molecule is COc1ccc(C(C)CC(C)N)c(F)c1. The maximum atomic E-state index is 13.6. The van der Waals surface area contributed by atoms with Crippen LogP contribution in [0.3, 0.4) is 0 Å². The first-order chi connectivity index (χ1) is 7.04. The summed E-state index contributed by atoms with van der Waals surface area (Å²) in [6.07, 6.45) is 0.781.